The molecule has 0 unspecified atom stereocenters. The molecular weight excluding hydrogens is 312 g/mol. The van der Waals surface area contributed by atoms with Crippen molar-refractivity contribution < 1.29 is 33.8 Å². The highest BCUT2D eigenvalue weighted by Crippen LogP contribution is 2.04. The van der Waals surface area contributed by atoms with E-state index in [9.17, 15) is 19.2 Å². The van der Waals surface area contributed by atoms with E-state index in [0.717, 1.165) is 0 Å². The fourth-order valence-electron chi connectivity index (χ4n) is 1.29. The van der Waals surface area contributed by atoms with E-state index in [4.69, 9.17) is 32.8 Å². The first kappa shape index (κ1) is 20.8. The zero-order valence-electron chi connectivity index (χ0n) is 12.6. The minimum Gasteiger partial charge on any atom is -0.480 e. The highest BCUT2D eigenvalue weighted by Gasteiger charge is 2.28. The predicted molar refractivity (Wildman–Crippen MR) is 76.5 cm³/mol. The van der Waals surface area contributed by atoms with Gasteiger partial charge in [-0.05, 0) is 13.3 Å². The Kier molecular flexibility index (Phi) is 8.77. The fourth-order valence-corrected chi connectivity index (χ4v) is 1.29. The number of esters is 2. The summed E-state index contributed by atoms with van der Waals surface area (Å²) in [6, 6.07) is -3.82. The van der Waals surface area contributed by atoms with Crippen LogP contribution in [0.3, 0.4) is 0 Å². The average Bonchev–Trinajstić information content (AvgIpc) is 2.48. The number of carbonyl (C=O) groups excluding carboxylic acids is 3. The molecule has 0 aromatic carbocycles. The lowest BCUT2D eigenvalue weighted by Crippen LogP contribution is -2.47. The van der Waals surface area contributed by atoms with Crippen LogP contribution in [0, 0.1) is 0 Å². The standard InChI is InChI=1S/C12H22N4O7/c1-5(23-11(20)6(13)2-3-8(15)17)9(16)12(21)22-4-7(14)10(18)19/h5-7,9H,2-4,13-14,16H2,1H3,(H2,15,17)(H,18,19)/t5-,6+,7+,9+/m1/s1. The van der Waals surface area contributed by atoms with Gasteiger partial charge >= 0.3 is 17.9 Å². The Bertz CT molecular complexity index is 457. The normalized spacial score (nSPS) is 15.8. The van der Waals surface area contributed by atoms with Gasteiger partial charge in [0.2, 0.25) is 5.91 Å². The second kappa shape index (κ2) is 9.71. The van der Waals surface area contributed by atoms with Gasteiger partial charge in [0.1, 0.15) is 30.8 Å². The number of amides is 1. The Morgan fingerprint density at radius 1 is 1.04 bits per heavy atom. The summed E-state index contributed by atoms with van der Waals surface area (Å²) in [5.74, 6) is -3.79. The van der Waals surface area contributed by atoms with Gasteiger partial charge in [0.25, 0.3) is 0 Å². The maximum atomic E-state index is 11.6. The first-order valence-corrected chi connectivity index (χ1v) is 6.71. The minimum atomic E-state index is -1.38. The fraction of sp³-hybridized carbons (Fsp3) is 0.667. The third-order valence-electron chi connectivity index (χ3n) is 2.81. The zero-order chi connectivity index (χ0) is 18.2. The van der Waals surface area contributed by atoms with Crippen LogP contribution in [0.15, 0.2) is 0 Å². The monoisotopic (exact) mass is 334 g/mol. The van der Waals surface area contributed by atoms with Crippen LogP contribution < -0.4 is 22.9 Å². The molecular formula is C12H22N4O7. The van der Waals surface area contributed by atoms with Gasteiger partial charge in [-0.2, -0.15) is 0 Å². The number of ether oxygens (including phenoxy) is 2. The number of carbonyl (C=O) groups is 4. The summed E-state index contributed by atoms with van der Waals surface area (Å²) in [5.41, 5.74) is 21.1. The zero-order valence-corrected chi connectivity index (χ0v) is 12.6. The van der Waals surface area contributed by atoms with Crippen molar-refractivity contribution in [3.05, 3.63) is 0 Å². The largest absolute Gasteiger partial charge is 0.480 e. The van der Waals surface area contributed by atoms with Gasteiger partial charge in [0.15, 0.2) is 0 Å². The summed E-state index contributed by atoms with van der Waals surface area (Å²) in [6.45, 7) is 0.766. The third-order valence-corrected chi connectivity index (χ3v) is 2.81. The summed E-state index contributed by atoms with van der Waals surface area (Å²) < 4.78 is 9.51. The van der Waals surface area contributed by atoms with Gasteiger partial charge in [-0.25, -0.2) is 0 Å². The third kappa shape index (κ3) is 8.09. The van der Waals surface area contributed by atoms with Crippen molar-refractivity contribution in [1.82, 2.24) is 0 Å². The van der Waals surface area contributed by atoms with E-state index in [-0.39, 0.29) is 12.8 Å². The lowest BCUT2D eigenvalue weighted by molar-refractivity contribution is -0.158. The Labute approximate surface area is 132 Å². The smallest absolute Gasteiger partial charge is 0.326 e. The molecule has 0 rings (SSSR count). The number of carboxylic acid groups (broad SMARTS) is 1. The van der Waals surface area contributed by atoms with Crippen molar-refractivity contribution >= 4 is 23.8 Å². The van der Waals surface area contributed by atoms with E-state index in [0.29, 0.717) is 0 Å². The number of carboxylic acids is 1. The van der Waals surface area contributed by atoms with Crippen LogP contribution in [0.25, 0.3) is 0 Å². The molecule has 11 heteroatoms. The molecule has 0 aromatic heterocycles. The predicted octanol–water partition coefficient (Wildman–Crippen LogP) is -3.21. The molecule has 0 saturated heterocycles. The Balaban J connectivity index is 4.34. The molecule has 0 fully saturated rings. The van der Waals surface area contributed by atoms with E-state index in [1.54, 1.807) is 0 Å². The number of hydrogen-bond donors (Lipinski definition) is 5. The molecule has 0 spiro atoms. The summed E-state index contributed by atoms with van der Waals surface area (Å²) in [7, 11) is 0. The van der Waals surface area contributed by atoms with Gasteiger partial charge in [-0.1, -0.05) is 0 Å². The quantitative estimate of drug-likeness (QED) is 0.252. The number of primary amides is 1. The lowest BCUT2D eigenvalue weighted by Gasteiger charge is -2.21. The summed E-state index contributed by atoms with van der Waals surface area (Å²) in [4.78, 5) is 44.3. The molecule has 0 aliphatic rings. The molecule has 0 aliphatic carbocycles. The number of aliphatic carboxylic acids is 1. The summed E-state index contributed by atoms with van der Waals surface area (Å²) >= 11 is 0. The van der Waals surface area contributed by atoms with Crippen LogP contribution in [0.5, 0.6) is 0 Å². The Morgan fingerprint density at radius 3 is 2.09 bits per heavy atom. The molecule has 23 heavy (non-hydrogen) atoms. The number of hydrogen-bond acceptors (Lipinski definition) is 9. The van der Waals surface area contributed by atoms with Crippen molar-refractivity contribution in [1.29, 1.82) is 0 Å². The second-order valence-electron chi connectivity index (χ2n) is 4.85. The molecule has 0 radical (unpaired) electrons. The molecule has 9 N–H and O–H groups in total. The van der Waals surface area contributed by atoms with Crippen molar-refractivity contribution in [2.24, 2.45) is 22.9 Å². The first-order chi connectivity index (χ1) is 10.6. The highest BCUT2D eigenvalue weighted by molar-refractivity contribution is 5.80. The first-order valence-electron chi connectivity index (χ1n) is 6.71. The molecule has 4 atom stereocenters. The van der Waals surface area contributed by atoms with Crippen molar-refractivity contribution in [3.63, 3.8) is 0 Å². The van der Waals surface area contributed by atoms with Crippen molar-refractivity contribution in [3.8, 4) is 0 Å². The van der Waals surface area contributed by atoms with Gasteiger partial charge in [-0.15, -0.1) is 0 Å². The Morgan fingerprint density at radius 2 is 1.61 bits per heavy atom. The van der Waals surface area contributed by atoms with Gasteiger partial charge in [0.05, 0.1) is 0 Å². The van der Waals surface area contributed by atoms with Crippen LogP contribution in [-0.4, -0.2) is 59.8 Å². The SMILES string of the molecule is C[C@@H](OC(=O)[C@@H](N)CCC(N)=O)[C@H](N)C(=O)OC[C@H](N)C(=O)O. The maximum absolute atomic E-state index is 11.6. The summed E-state index contributed by atoms with van der Waals surface area (Å²) in [5, 5.41) is 8.55. The van der Waals surface area contributed by atoms with Gasteiger partial charge in [0, 0.05) is 6.42 Å². The number of rotatable bonds is 10. The van der Waals surface area contributed by atoms with E-state index >= 15 is 0 Å². The van der Waals surface area contributed by atoms with Gasteiger partial charge < -0.3 is 37.5 Å². The molecule has 1 amide bonds. The van der Waals surface area contributed by atoms with Crippen LogP contribution >= 0.6 is 0 Å². The van der Waals surface area contributed by atoms with Crippen molar-refractivity contribution in [2.45, 2.75) is 44.0 Å². The topological polar surface area (TPSA) is 211 Å². The molecule has 0 aliphatic heterocycles. The van der Waals surface area contributed by atoms with Crippen molar-refractivity contribution in [2.75, 3.05) is 6.61 Å². The molecule has 0 saturated carbocycles. The molecule has 11 nitrogen and oxygen atoms in total. The number of nitrogens with two attached hydrogens (primary N) is 4. The van der Waals surface area contributed by atoms with E-state index in [1.807, 2.05) is 0 Å². The van der Waals surface area contributed by atoms with Crippen LogP contribution in [0.1, 0.15) is 19.8 Å². The maximum Gasteiger partial charge on any atom is 0.326 e. The van der Waals surface area contributed by atoms with E-state index in [1.165, 1.54) is 6.92 Å². The Hall–Kier alpha value is -2.24. The van der Waals surface area contributed by atoms with E-state index in [2.05, 4.69) is 4.74 Å². The van der Waals surface area contributed by atoms with Gasteiger partial charge in [-0.3, -0.25) is 19.2 Å². The van der Waals surface area contributed by atoms with Crippen LogP contribution in [0.2, 0.25) is 0 Å². The molecule has 0 bridgehead atoms. The van der Waals surface area contributed by atoms with Crippen LogP contribution in [-0.2, 0) is 28.7 Å². The van der Waals surface area contributed by atoms with Crippen LogP contribution in [0.4, 0.5) is 0 Å². The highest BCUT2D eigenvalue weighted by atomic mass is 16.6. The van der Waals surface area contributed by atoms with E-state index < -0.39 is 54.7 Å². The molecule has 0 heterocycles. The molecule has 0 aromatic rings. The average molecular weight is 334 g/mol. The summed E-state index contributed by atoms with van der Waals surface area (Å²) in [6.07, 6.45) is -1.17. The second-order valence-corrected chi connectivity index (χ2v) is 4.85. The molecule has 132 valence electrons. The lowest BCUT2D eigenvalue weighted by atomic mass is 10.1. The minimum absolute atomic E-state index is 0.00592.